The van der Waals surface area contributed by atoms with Gasteiger partial charge in [0.2, 0.25) is 0 Å². The predicted octanol–water partition coefficient (Wildman–Crippen LogP) is 4.03. The molecule has 0 bridgehead atoms. The molecule has 0 N–H and O–H groups in total. The van der Waals surface area contributed by atoms with Crippen LogP contribution in [0.2, 0.25) is 0 Å². The van der Waals surface area contributed by atoms with Gasteiger partial charge in [-0.3, -0.25) is 4.90 Å². The fourth-order valence-electron chi connectivity index (χ4n) is 3.94. The van der Waals surface area contributed by atoms with Crippen LogP contribution in [0.3, 0.4) is 0 Å². The van der Waals surface area contributed by atoms with Gasteiger partial charge in [0.25, 0.3) is 0 Å². The van der Waals surface area contributed by atoms with E-state index in [9.17, 15) is 0 Å². The first-order valence-electron chi connectivity index (χ1n) is 9.27. The molecule has 1 saturated heterocycles. The van der Waals surface area contributed by atoms with Crippen molar-refractivity contribution in [2.45, 2.75) is 46.6 Å². The van der Waals surface area contributed by atoms with Crippen molar-refractivity contribution in [1.82, 2.24) is 24.8 Å². The molecule has 4 heterocycles. The average Bonchev–Trinajstić information content (AvgIpc) is 3.17. The third-order valence-corrected chi connectivity index (χ3v) is 6.12. The normalized spacial score (nSPS) is 19.3. The molecule has 0 spiro atoms. The van der Waals surface area contributed by atoms with Crippen LogP contribution in [0.15, 0.2) is 18.2 Å². The summed E-state index contributed by atoms with van der Waals surface area (Å²) in [5.74, 6) is 1.52. The van der Waals surface area contributed by atoms with Gasteiger partial charge in [-0.05, 0) is 71.2 Å². The summed E-state index contributed by atoms with van der Waals surface area (Å²) in [5.41, 5.74) is 4.25. The number of nitrogens with zero attached hydrogens (tertiary/aromatic N) is 5. The summed E-state index contributed by atoms with van der Waals surface area (Å²) in [4.78, 5) is 20.9. The van der Waals surface area contributed by atoms with Crippen LogP contribution >= 0.6 is 11.3 Å². The second-order valence-corrected chi connectivity index (χ2v) is 8.60. The molecule has 3 aromatic heterocycles. The van der Waals surface area contributed by atoms with E-state index in [2.05, 4.69) is 45.0 Å². The molecule has 0 aliphatic carbocycles. The van der Waals surface area contributed by atoms with Crippen molar-refractivity contribution in [1.29, 1.82) is 0 Å². The SMILES string of the molecule is Cc1cc(C[C@@H]2CCN(C(C)c3ccc4sc(C)nc4n3)C2)nc(C)n1. The van der Waals surface area contributed by atoms with Gasteiger partial charge in [-0.25, -0.2) is 19.9 Å². The lowest BCUT2D eigenvalue weighted by molar-refractivity contribution is 0.248. The summed E-state index contributed by atoms with van der Waals surface area (Å²) in [6.45, 7) is 10.5. The van der Waals surface area contributed by atoms with Gasteiger partial charge in [-0.15, -0.1) is 11.3 Å². The molecule has 1 aliphatic heterocycles. The summed E-state index contributed by atoms with van der Waals surface area (Å²) in [7, 11) is 0. The van der Waals surface area contributed by atoms with E-state index in [0.29, 0.717) is 12.0 Å². The zero-order valence-corrected chi connectivity index (χ0v) is 16.7. The van der Waals surface area contributed by atoms with E-state index in [-0.39, 0.29) is 0 Å². The van der Waals surface area contributed by atoms with Crippen LogP contribution in [0.4, 0.5) is 0 Å². The van der Waals surface area contributed by atoms with Crippen molar-refractivity contribution in [3.63, 3.8) is 0 Å². The van der Waals surface area contributed by atoms with Gasteiger partial charge in [0, 0.05) is 24.0 Å². The van der Waals surface area contributed by atoms with Crippen LogP contribution in [0.5, 0.6) is 0 Å². The molecule has 1 fully saturated rings. The number of pyridine rings is 1. The fraction of sp³-hybridized carbons (Fsp3) is 0.500. The lowest BCUT2D eigenvalue weighted by Crippen LogP contribution is -2.25. The van der Waals surface area contributed by atoms with Crippen molar-refractivity contribution in [3.8, 4) is 0 Å². The zero-order valence-electron chi connectivity index (χ0n) is 15.9. The summed E-state index contributed by atoms with van der Waals surface area (Å²) >= 11 is 1.71. The van der Waals surface area contributed by atoms with Crippen LogP contribution in [-0.2, 0) is 6.42 Å². The second-order valence-electron chi connectivity index (χ2n) is 7.37. The zero-order chi connectivity index (χ0) is 18.3. The molecule has 5 nitrogen and oxygen atoms in total. The topological polar surface area (TPSA) is 54.8 Å². The highest BCUT2D eigenvalue weighted by Crippen LogP contribution is 2.30. The lowest BCUT2D eigenvalue weighted by Gasteiger charge is -2.24. The minimum Gasteiger partial charge on any atom is -0.295 e. The Morgan fingerprint density at radius 2 is 2.00 bits per heavy atom. The number of thiazole rings is 1. The van der Waals surface area contributed by atoms with Gasteiger partial charge in [0.15, 0.2) is 5.65 Å². The molecule has 3 aromatic rings. The molecule has 1 aliphatic rings. The Bertz CT molecular complexity index is 915. The first-order chi connectivity index (χ1) is 12.5. The summed E-state index contributed by atoms with van der Waals surface area (Å²) in [6, 6.07) is 6.77. The van der Waals surface area contributed by atoms with Gasteiger partial charge in [0.1, 0.15) is 5.82 Å². The Morgan fingerprint density at radius 1 is 1.15 bits per heavy atom. The standard InChI is InChI=1S/C20H25N5S/c1-12-9-17(22-14(3)21-12)10-16-7-8-25(11-16)13(2)18-5-6-19-20(24-18)23-15(4)26-19/h5-6,9,13,16H,7-8,10-11H2,1-4H3/t13?,16-/m0/s1. The van der Waals surface area contributed by atoms with Crippen LogP contribution in [0.1, 0.15) is 47.3 Å². The maximum Gasteiger partial charge on any atom is 0.170 e. The van der Waals surface area contributed by atoms with E-state index >= 15 is 0 Å². The molecule has 4 rings (SSSR count). The third kappa shape index (κ3) is 3.62. The first kappa shape index (κ1) is 17.5. The highest BCUT2D eigenvalue weighted by atomic mass is 32.1. The molecule has 2 atom stereocenters. The van der Waals surface area contributed by atoms with Gasteiger partial charge in [0.05, 0.1) is 15.4 Å². The molecule has 1 unspecified atom stereocenters. The van der Waals surface area contributed by atoms with Crippen molar-refractivity contribution in [2.24, 2.45) is 5.92 Å². The van der Waals surface area contributed by atoms with E-state index < -0.39 is 0 Å². The van der Waals surface area contributed by atoms with Crippen molar-refractivity contribution < 1.29 is 0 Å². The molecule has 0 radical (unpaired) electrons. The molecule has 0 aromatic carbocycles. The summed E-state index contributed by atoms with van der Waals surface area (Å²) < 4.78 is 1.17. The minimum atomic E-state index is 0.320. The molecule has 0 amide bonds. The molecule has 26 heavy (non-hydrogen) atoms. The van der Waals surface area contributed by atoms with E-state index in [1.807, 2.05) is 20.8 Å². The van der Waals surface area contributed by atoms with E-state index in [0.717, 1.165) is 47.4 Å². The molecular formula is C20H25N5S. The maximum atomic E-state index is 4.81. The molecule has 6 heteroatoms. The van der Waals surface area contributed by atoms with Gasteiger partial charge < -0.3 is 0 Å². The van der Waals surface area contributed by atoms with Crippen LogP contribution < -0.4 is 0 Å². The van der Waals surface area contributed by atoms with Crippen molar-refractivity contribution in [2.75, 3.05) is 13.1 Å². The van der Waals surface area contributed by atoms with E-state index in [1.54, 1.807) is 11.3 Å². The minimum absolute atomic E-state index is 0.320. The Hall–Kier alpha value is -1.92. The smallest absolute Gasteiger partial charge is 0.170 e. The Labute approximate surface area is 158 Å². The fourth-order valence-corrected chi connectivity index (χ4v) is 4.70. The number of likely N-dealkylation sites (tertiary alicyclic amines) is 1. The molecular weight excluding hydrogens is 342 g/mol. The van der Waals surface area contributed by atoms with Crippen molar-refractivity contribution >= 4 is 21.7 Å². The Kier molecular flexibility index (Phi) is 4.71. The van der Waals surface area contributed by atoms with Crippen molar-refractivity contribution in [3.05, 3.63) is 46.1 Å². The number of rotatable bonds is 4. The van der Waals surface area contributed by atoms with Crippen LogP contribution in [-0.4, -0.2) is 37.9 Å². The van der Waals surface area contributed by atoms with Crippen LogP contribution in [0, 0.1) is 26.7 Å². The quantitative estimate of drug-likeness (QED) is 0.697. The van der Waals surface area contributed by atoms with Gasteiger partial charge in [-0.1, -0.05) is 0 Å². The second kappa shape index (κ2) is 7.00. The van der Waals surface area contributed by atoms with E-state index in [4.69, 9.17) is 4.98 Å². The highest BCUT2D eigenvalue weighted by Gasteiger charge is 2.28. The summed E-state index contributed by atoms with van der Waals surface area (Å²) in [6.07, 6.45) is 2.25. The average molecular weight is 368 g/mol. The predicted molar refractivity (Wildman–Crippen MR) is 105 cm³/mol. The lowest BCUT2D eigenvalue weighted by atomic mass is 10.0. The number of fused-ring (bicyclic) bond motifs is 1. The monoisotopic (exact) mass is 367 g/mol. The highest BCUT2D eigenvalue weighted by molar-refractivity contribution is 7.18. The summed E-state index contributed by atoms with van der Waals surface area (Å²) in [5, 5.41) is 1.08. The third-order valence-electron chi connectivity index (χ3n) is 5.19. The number of aryl methyl sites for hydroxylation is 3. The first-order valence-corrected chi connectivity index (χ1v) is 10.1. The van der Waals surface area contributed by atoms with Crippen LogP contribution in [0.25, 0.3) is 10.3 Å². The maximum absolute atomic E-state index is 4.81. The largest absolute Gasteiger partial charge is 0.295 e. The van der Waals surface area contributed by atoms with Gasteiger partial charge >= 0.3 is 0 Å². The Morgan fingerprint density at radius 3 is 2.81 bits per heavy atom. The number of hydrogen-bond acceptors (Lipinski definition) is 6. The number of hydrogen-bond donors (Lipinski definition) is 0. The molecule has 136 valence electrons. The van der Waals surface area contributed by atoms with E-state index in [1.165, 1.54) is 16.8 Å². The molecule has 0 saturated carbocycles. The van der Waals surface area contributed by atoms with Gasteiger partial charge in [-0.2, -0.15) is 0 Å². The Balaban J connectivity index is 1.45. The number of aromatic nitrogens is 4.